The Morgan fingerprint density at radius 3 is 1.14 bits per heavy atom. The van der Waals surface area contributed by atoms with Crippen LogP contribution < -0.4 is 0 Å². The van der Waals surface area contributed by atoms with Crippen molar-refractivity contribution in [3.05, 3.63) is 0 Å². The van der Waals surface area contributed by atoms with Crippen LogP contribution in [0.15, 0.2) is 0 Å². The zero-order valence-corrected chi connectivity index (χ0v) is 23.6. The highest BCUT2D eigenvalue weighted by Gasteiger charge is 2.31. The summed E-state index contributed by atoms with van der Waals surface area (Å²) in [6.07, 6.45) is 23.1. The quantitative estimate of drug-likeness (QED) is 0.0959. The molecule has 208 valence electrons. The van der Waals surface area contributed by atoms with Crippen molar-refractivity contribution in [1.82, 2.24) is 0 Å². The Morgan fingerprint density at radius 1 is 0.543 bits per heavy atom. The van der Waals surface area contributed by atoms with Gasteiger partial charge < -0.3 is 14.6 Å². The van der Waals surface area contributed by atoms with Gasteiger partial charge in [0.2, 0.25) is 0 Å². The van der Waals surface area contributed by atoms with Crippen LogP contribution in [0, 0.1) is 5.41 Å². The molecule has 0 saturated carbocycles. The second-order valence-corrected chi connectivity index (χ2v) is 10.5. The molecule has 0 unspecified atom stereocenters. The van der Waals surface area contributed by atoms with Crippen LogP contribution in [0.25, 0.3) is 0 Å². The smallest absolute Gasteiger partial charge is 0.305 e. The van der Waals surface area contributed by atoms with Gasteiger partial charge in [0.1, 0.15) is 13.2 Å². The minimum atomic E-state index is -0.706. The number of carbonyl (C=O) groups excluding carboxylic acids is 2. The highest BCUT2D eigenvalue weighted by atomic mass is 16.5. The van der Waals surface area contributed by atoms with Gasteiger partial charge in [-0.15, -0.1) is 0 Å². The lowest BCUT2D eigenvalue weighted by molar-refractivity contribution is -0.156. The molecule has 0 aliphatic rings. The fraction of sp³-hybridized carbons (Fsp3) is 0.933. The number of ether oxygens (including phenoxy) is 2. The van der Waals surface area contributed by atoms with Crippen LogP contribution >= 0.6 is 0 Å². The summed E-state index contributed by atoms with van der Waals surface area (Å²) in [4.78, 5) is 24.3. The average Bonchev–Trinajstić information content (AvgIpc) is 2.87. The summed E-state index contributed by atoms with van der Waals surface area (Å²) in [7, 11) is 0. The topological polar surface area (TPSA) is 72.8 Å². The van der Waals surface area contributed by atoms with Gasteiger partial charge in [0, 0.05) is 12.8 Å². The number of hydrogen-bond acceptors (Lipinski definition) is 5. The second kappa shape index (κ2) is 24.6. The molecule has 0 rings (SSSR count). The Labute approximate surface area is 217 Å². The molecular weight excluding hydrogens is 440 g/mol. The molecule has 0 spiro atoms. The molecular formula is C30H58O5. The Hall–Kier alpha value is -1.10. The van der Waals surface area contributed by atoms with Crippen LogP contribution in [0.3, 0.4) is 0 Å². The van der Waals surface area contributed by atoms with Gasteiger partial charge >= 0.3 is 11.9 Å². The zero-order chi connectivity index (χ0) is 26.0. The van der Waals surface area contributed by atoms with Crippen molar-refractivity contribution in [2.24, 2.45) is 5.41 Å². The molecule has 35 heavy (non-hydrogen) atoms. The molecule has 0 fully saturated rings. The summed E-state index contributed by atoms with van der Waals surface area (Å²) in [5.74, 6) is -0.444. The fourth-order valence-electron chi connectivity index (χ4n) is 4.22. The number of carbonyl (C=O) groups is 2. The van der Waals surface area contributed by atoms with Gasteiger partial charge in [0.25, 0.3) is 0 Å². The summed E-state index contributed by atoms with van der Waals surface area (Å²) in [5.41, 5.74) is -0.706. The molecule has 0 aromatic heterocycles. The second-order valence-electron chi connectivity index (χ2n) is 10.5. The van der Waals surface area contributed by atoms with Crippen molar-refractivity contribution in [2.75, 3.05) is 19.8 Å². The Bertz CT molecular complexity index is 447. The van der Waals surface area contributed by atoms with Gasteiger partial charge in [0.15, 0.2) is 0 Å². The van der Waals surface area contributed by atoms with E-state index in [0.29, 0.717) is 19.3 Å². The maximum absolute atomic E-state index is 12.2. The molecule has 0 aromatic carbocycles. The first kappa shape index (κ1) is 33.9. The molecule has 1 N–H and O–H groups in total. The van der Waals surface area contributed by atoms with Crippen molar-refractivity contribution in [3.63, 3.8) is 0 Å². The van der Waals surface area contributed by atoms with E-state index >= 15 is 0 Å². The molecule has 0 amide bonds. The normalized spacial score (nSPS) is 11.5. The number of aliphatic hydroxyl groups excluding tert-OH is 1. The lowest BCUT2D eigenvalue weighted by Crippen LogP contribution is -2.37. The van der Waals surface area contributed by atoms with Crippen molar-refractivity contribution < 1.29 is 24.2 Å². The van der Waals surface area contributed by atoms with Crippen LogP contribution in [0.5, 0.6) is 0 Å². The van der Waals surface area contributed by atoms with Crippen molar-refractivity contribution in [2.45, 2.75) is 156 Å². The van der Waals surface area contributed by atoms with Gasteiger partial charge in [-0.05, 0) is 19.3 Å². The van der Waals surface area contributed by atoms with E-state index in [2.05, 4.69) is 13.8 Å². The molecule has 0 bridgehead atoms. The van der Waals surface area contributed by atoms with E-state index in [9.17, 15) is 14.7 Å². The largest absolute Gasteiger partial charge is 0.465 e. The van der Waals surface area contributed by atoms with Crippen molar-refractivity contribution in [1.29, 1.82) is 0 Å². The van der Waals surface area contributed by atoms with Crippen LogP contribution in [0.2, 0.25) is 0 Å². The van der Waals surface area contributed by atoms with E-state index in [1.807, 2.05) is 6.92 Å². The van der Waals surface area contributed by atoms with E-state index in [0.717, 1.165) is 25.7 Å². The standard InChI is InChI=1S/C30H58O5/c1-4-7-9-11-13-15-17-19-21-23-28(32)34-26-30(6-3,25-31)27-35-29(33)24-22-20-18-16-14-12-10-8-5-2/h31H,4-27H2,1-3H3. The van der Waals surface area contributed by atoms with Crippen LogP contribution in [0.4, 0.5) is 0 Å². The number of rotatable bonds is 26. The van der Waals surface area contributed by atoms with Crippen LogP contribution in [-0.2, 0) is 19.1 Å². The molecule has 0 radical (unpaired) electrons. The SMILES string of the molecule is CCCCCCCCCCCC(=O)OCC(CC)(CO)COC(=O)CCCCCCCCCCC. The highest BCUT2D eigenvalue weighted by molar-refractivity contribution is 5.69. The first-order chi connectivity index (χ1) is 17.0. The summed E-state index contributed by atoms with van der Waals surface area (Å²) in [6.45, 7) is 6.42. The van der Waals surface area contributed by atoms with E-state index in [1.165, 1.54) is 89.9 Å². The van der Waals surface area contributed by atoms with E-state index < -0.39 is 5.41 Å². The third kappa shape index (κ3) is 20.8. The predicted octanol–water partition coefficient (Wildman–Crippen LogP) is 8.30. The number of aliphatic hydroxyl groups is 1. The summed E-state index contributed by atoms with van der Waals surface area (Å²) >= 11 is 0. The Balaban J connectivity index is 3.92. The predicted molar refractivity (Wildman–Crippen MR) is 145 cm³/mol. The maximum atomic E-state index is 12.2. The summed E-state index contributed by atoms with van der Waals surface area (Å²) in [6, 6.07) is 0. The third-order valence-electron chi connectivity index (χ3n) is 7.13. The van der Waals surface area contributed by atoms with E-state index in [4.69, 9.17) is 9.47 Å². The first-order valence-corrected chi connectivity index (χ1v) is 15.0. The monoisotopic (exact) mass is 498 g/mol. The van der Waals surface area contributed by atoms with Gasteiger partial charge in [-0.3, -0.25) is 9.59 Å². The molecule has 5 heteroatoms. The highest BCUT2D eigenvalue weighted by Crippen LogP contribution is 2.23. The summed E-state index contributed by atoms with van der Waals surface area (Å²) in [5, 5.41) is 9.92. The molecule has 0 saturated heterocycles. The van der Waals surface area contributed by atoms with Crippen molar-refractivity contribution >= 4 is 11.9 Å². The summed E-state index contributed by atoms with van der Waals surface area (Å²) < 4.78 is 10.9. The molecule has 0 atom stereocenters. The number of unbranched alkanes of at least 4 members (excludes halogenated alkanes) is 16. The van der Waals surface area contributed by atoms with Crippen LogP contribution in [-0.4, -0.2) is 36.9 Å². The van der Waals surface area contributed by atoms with Crippen LogP contribution in [0.1, 0.15) is 156 Å². The lowest BCUT2D eigenvalue weighted by Gasteiger charge is -2.29. The van der Waals surface area contributed by atoms with E-state index in [1.54, 1.807) is 0 Å². The van der Waals surface area contributed by atoms with E-state index in [-0.39, 0.29) is 31.8 Å². The number of esters is 2. The number of hydrogen-bond donors (Lipinski definition) is 1. The van der Waals surface area contributed by atoms with Gasteiger partial charge in [-0.25, -0.2) is 0 Å². The molecule has 5 nitrogen and oxygen atoms in total. The Kier molecular flexibility index (Phi) is 23.8. The fourth-order valence-corrected chi connectivity index (χ4v) is 4.22. The maximum Gasteiger partial charge on any atom is 0.305 e. The molecule has 0 aromatic rings. The third-order valence-corrected chi connectivity index (χ3v) is 7.13. The zero-order valence-electron chi connectivity index (χ0n) is 23.6. The average molecular weight is 499 g/mol. The Morgan fingerprint density at radius 2 is 0.857 bits per heavy atom. The minimum Gasteiger partial charge on any atom is -0.465 e. The lowest BCUT2D eigenvalue weighted by atomic mass is 9.88. The van der Waals surface area contributed by atoms with Gasteiger partial charge in [-0.2, -0.15) is 0 Å². The van der Waals surface area contributed by atoms with Gasteiger partial charge in [-0.1, -0.05) is 124 Å². The van der Waals surface area contributed by atoms with Crippen molar-refractivity contribution in [3.8, 4) is 0 Å². The van der Waals surface area contributed by atoms with Gasteiger partial charge in [0.05, 0.1) is 12.0 Å². The molecule has 0 heterocycles. The first-order valence-electron chi connectivity index (χ1n) is 15.0. The molecule has 0 aliphatic heterocycles. The minimum absolute atomic E-state index is 0.0988. The molecule has 0 aliphatic carbocycles.